The second-order valence-corrected chi connectivity index (χ2v) is 10.2. The number of nitro benzene ring substituents is 1. The molecule has 200 valence electrons. The Kier molecular flexibility index (Phi) is 8.53. The number of ether oxygens (including phenoxy) is 1. The highest BCUT2D eigenvalue weighted by molar-refractivity contribution is 7.89. The SMILES string of the molecule is CCOC(=O)C1CCN(S(=O)(=O)c2cccc(C(=O)CNc3ccc([N+](=O)[O-])c(C(F)(F)F)c3)c2)CC1. The van der Waals surface area contributed by atoms with Crippen LogP contribution in [0.25, 0.3) is 0 Å². The second kappa shape index (κ2) is 11.3. The van der Waals surface area contributed by atoms with E-state index < -0.39 is 44.7 Å². The Morgan fingerprint density at radius 2 is 1.84 bits per heavy atom. The zero-order chi connectivity index (χ0) is 27.4. The van der Waals surface area contributed by atoms with E-state index in [-0.39, 0.29) is 47.7 Å². The third-order valence-electron chi connectivity index (χ3n) is 5.82. The van der Waals surface area contributed by atoms with Crippen LogP contribution in [0.1, 0.15) is 35.7 Å². The highest BCUT2D eigenvalue weighted by Gasteiger charge is 2.38. The number of nitrogens with zero attached hydrogens (tertiary/aromatic N) is 2. The molecule has 1 aliphatic rings. The molecule has 1 fully saturated rings. The Labute approximate surface area is 210 Å². The fraction of sp³-hybridized carbons (Fsp3) is 0.391. The van der Waals surface area contributed by atoms with Crippen molar-refractivity contribution in [2.75, 3.05) is 31.6 Å². The van der Waals surface area contributed by atoms with E-state index in [1.807, 2.05) is 0 Å². The van der Waals surface area contributed by atoms with Crippen molar-refractivity contribution in [1.29, 1.82) is 0 Å². The predicted molar refractivity (Wildman–Crippen MR) is 125 cm³/mol. The molecule has 10 nitrogen and oxygen atoms in total. The first-order valence-electron chi connectivity index (χ1n) is 11.2. The van der Waals surface area contributed by atoms with Gasteiger partial charge in [0.05, 0.1) is 28.9 Å². The molecule has 0 atom stereocenters. The third kappa shape index (κ3) is 6.63. The summed E-state index contributed by atoms with van der Waals surface area (Å²) in [7, 11) is -3.96. The molecule has 0 spiro atoms. The molecule has 0 unspecified atom stereocenters. The molecule has 0 amide bonds. The summed E-state index contributed by atoms with van der Waals surface area (Å²) in [6, 6.07) is 7.50. The van der Waals surface area contributed by atoms with Crippen molar-refractivity contribution in [3.05, 3.63) is 63.7 Å². The number of alkyl halides is 3. The van der Waals surface area contributed by atoms with Gasteiger partial charge in [-0.2, -0.15) is 17.5 Å². The number of rotatable bonds is 9. The van der Waals surface area contributed by atoms with Crippen LogP contribution < -0.4 is 5.32 Å². The van der Waals surface area contributed by atoms with Gasteiger partial charge >= 0.3 is 12.1 Å². The van der Waals surface area contributed by atoms with Crippen molar-refractivity contribution in [2.24, 2.45) is 5.92 Å². The number of hydrogen-bond donors (Lipinski definition) is 1. The van der Waals surface area contributed by atoms with Gasteiger partial charge in [-0.1, -0.05) is 12.1 Å². The van der Waals surface area contributed by atoms with Gasteiger partial charge in [0.25, 0.3) is 5.69 Å². The minimum Gasteiger partial charge on any atom is -0.466 e. The van der Waals surface area contributed by atoms with Gasteiger partial charge in [-0.25, -0.2) is 8.42 Å². The number of halogens is 3. The molecule has 0 saturated carbocycles. The number of hydrogen-bond acceptors (Lipinski definition) is 8. The first-order valence-corrected chi connectivity index (χ1v) is 12.7. The summed E-state index contributed by atoms with van der Waals surface area (Å²) in [4.78, 5) is 34.2. The van der Waals surface area contributed by atoms with Gasteiger partial charge in [-0.05, 0) is 44.0 Å². The standard InChI is InChI=1S/C23H24F3N3O7S/c1-2-36-22(31)15-8-10-28(11-9-15)37(34,35)18-5-3-4-16(12-18)21(30)14-27-17-6-7-20(29(32)33)19(13-17)23(24,25)26/h3-7,12-13,15,27H,2,8-11,14H2,1H3. The van der Waals surface area contributed by atoms with Crippen LogP contribution in [0.15, 0.2) is 47.4 Å². The minimum atomic E-state index is -4.97. The van der Waals surface area contributed by atoms with E-state index in [1.54, 1.807) is 6.92 Å². The van der Waals surface area contributed by atoms with Gasteiger partial charge in [0.15, 0.2) is 5.78 Å². The summed E-state index contributed by atoms with van der Waals surface area (Å²) in [6.45, 7) is 1.65. The number of Topliss-reactive ketones (excluding diaryl/α,β-unsaturated/α-hetero) is 1. The fourth-order valence-electron chi connectivity index (χ4n) is 3.89. The highest BCUT2D eigenvalue weighted by atomic mass is 32.2. The van der Waals surface area contributed by atoms with Crippen LogP contribution in [-0.2, 0) is 25.7 Å². The first-order chi connectivity index (χ1) is 17.3. The van der Waals surface area contributed by atoms with Crippen LogP contribution in [0.3, 0.4) is 0 Å². The summed E-state index contributed by atoms with van der Waals surface area (Å²) in [5.74, 6) is -1.36. The van der Waals surface area contributed by atoms with E-state index in [2.05, 4.69) is 5.32 Å². The third-order valence-corrected chi connectivity index (χ3v) is 7.71. The second-order valence-electron chi connectivity index (χ2n) is 8.22. The van der Waals surface area contributed by atoms with Crippen molar-refractivity contribution in [1.82, 2.24) is 4.31 Å². The number of benzene rings is 2. The molecule has 3 rings (SSSR count). The number of carbonyl (C=O) groups excluding carboxylic acids is 2. The Morgan fingerprint density at radius 3 is 2.43 bits per heavy atom. The molecule has 0 bridgehead atoms. The van der Waals surface area contributed by atoms with E-state index in [0.29, 0.717) is 25.0 Å². The molecule has 1 N–H and O–H groups in total. The van der Waals surface area contributed by atoms with E-state index in [0.717, 1.165) is 6.07 Å². The largest absolute Gasteiger partial charge is 0.466 e. The van der Waals surface area contributed by atoms with E-state index >= 15 is 0 Å². The van der Waals surface area contributed by atoms with Crippen LogP contribution >= 0.6 is 0 Å². The Morgan fingerprint density at radius 1 is 1.16 bits per heavy atom. The van der Waals surface area contributed by atoms with Crippen molar-refractivity contribution >= 4 is 33.2 Å². The van der Waals surface area contributed by atoms with Crippen molar-refractivity contribution < 1.29 is 40.8 Å². The molecule has 1 heterocycles. The van der Waals surface area contributed by atoms with Gasteiger partial charge in [-0.15, -0.1) is 0 Å². The first kappa shape index (κ1) is 28.1. The number of esters is 1. The molecular formula is C23H24F3N3O7S. The number of piperidine rings is 1. The number of carbonyl (C=O) groups is 2. The highest BCUT2D eigenvalue weighted by Crippen LogP contribution is 2.37. The number of anilines is 1. The average molecular weight is 544 g/mol. The summed E-state index contributed by atoms with van der Waals surface area (Å²) < 4.78 is 71.9. The number of ketones is 1. The zero-order valence-corrected chi connectivity index (χ0v) is 20.5. The molecule has 0 aromatic heterocycles. The lowest BCUT2D eigenvalue weighted by molar-refractivity contribution is -0.388. The van der Waals surface area contributed by atoms with E-state index in [4.69, 9.17) is 4.74 Å². The maximum atomic E-state index is 13.2. The predicted octanol–water partition coefficient (Wildman–Crippen LogP) is 3.87. The van der Waals surface area contributed by atoms with Crippen LogP contribution in [-0.4, -0.2) is 55.6 Å². The molecule has 2 aromatic rings. The lowest BCUT2D eigenvalue weighted by Gasteiger charge is -2.30. The van der Waals surface area contributed by atoms with Crippen molar-refractivity contribution in [3.8, 4) is 0 Å². The summed E-state index contributed by atoms with van der Waals surface area (Å²) in [5, 5.41) is 13.4. The lowest BCUT2D eigenvalue weighted by Crippen LogP contribution is -2.40. The van der Waals surface area contributed by atoms with Crippen molar-refractivity contribution in [2.45, 2.75) is 30.8 Å². The lowest BCUT2D eigenvalue weighted by atomic mass is 9.98. The monoisotopic (exact) mass is 543 g/mol. The molecule has 37 heavy (non-hydrogen) atoms. The smallest absolute Gasteiger partial charge is 0.423 e. The van der Waals surface area contributed by atoms with Crippen LogP contribution in [0, 0.1) is 16.0 Å². The van der Waals surface area contributed by atoms with Crippen molar-refractivity contribution in [3.63, 3.8) is 0 Å². The van der Waals surface area contributed by atoms with Gasteiger partial charge in [0.2, 0.25) is 10.0 Å². The maximum Gasteiger partial charge on any atom is 0.423 e. The van der Waals surface area contributed by atoms with E-state index in [1.165, 1.54) is 28.6 Å². The minimum absolute atomic E-state index is 0.00735. The molecule has 1 aliphatic heterocycles. The number of nitrogens with one attached hydrogen (secondary N) is 1. The zero-order valence-electron chi connectivity index (χ0n) is 19.7. The van der Waals surface area contributed by atoms with Gasteiger partial charge in [0.1, 0.15) is 5.56 Å². The van der Waals surface area contributed by atoms with Crippen LogP contribution in [0.2, 0.25) is 0 Å². The quantitative estimate of drug-likeness (QED) is 0.218. The van der Waals surface area contributed by atoms with Crippen LogP contribution in [0.5, 0.6) is 0 Å². The average Bonchev–Trinajstić information content (AvgIpc) is 2.86. The number of sulfonamides is 1. The molecule has 0 aliphatic carbocycles. The Hall–Kier alpha value is -3.52. The van der Waals surface area contributed by atoms with E-state index in [9.17, 15) is 41.3 Å². The van der Waals surface area contributed by atoms with Crippen LogP contribution in [0.4, 0.5) is 24.5 Å². The molecule has 0 radical (unpaired) electrons. The normalized spacial score (nSPS) is 15.2. The molecule has 14 heteroatoms. The van der Waals surface area contributed by atoms with Gasteiger partial charge in [0, 0.05) is 30.4 Å². The summed E-state index contributed by atoms with van der Waals surface area (Å²) in [6.07, 6.45) is -4.37. The molecular weight excluding hydrogens is 519 g/mol. The van der Waals surface area contributed by atoms with Gasteiger partial charge < -0.3 is 10.1 Å². The van der Waals surface area contributed by atoms with Gasteiger partial charge in [-0.3, -0.25) is 19.7 Å². The number of nitro groups is 1. The Balaban J connectivity index is 1.70. The topological polar surface area (TPSA) is 136 Å². The summed E-state index contributed by atoms with van der Waals surface area (Å²) >= 11 is 0. The summed E-state index contributed by atoms with van der Waals surface area (Å²) in [5.41, 5.74) is -2.74. The fourth-order valence-corrected chi connectivity index (χ4v) is 5.40. The maximum absolute atomic E-state index is 13.2. The molecule has 1 saturated heterocycles. The Bertz CT molecular complexity index is 1290. The molecule has 2 aromatic carbocycles.